The standard InChI is InChI=1S/C29H28N4O3/c1-5-20-12-14-21(15-13-20)26-25(28-31-27(32-36-28)22-9-6-8-18(2)16-22)19(3)33(29(34)30-26)23-10-7-11-24(17-23)35-4/h6-17,26H,5H2,1-4H3,(H,30,34). The summed E-state index contributed by atoms with van der Waals surface area (Å²) in [7, 11) is 1.60. The molecule has 182 valence electrons. The summed E-state index contributed by atoms with van der Waals surface area (Å²) in [5, 5.41) is 7.42. The Kier molecular flexibility index (Phi) is 6.29. The summed E-state index contributed by atoms with van der Waals surface area (Å²) in [6, 6.07) is 22.9. The van der Waals surface area contributed by atoms with Gasteiger partial charge in [0.25, 0.3) is 5.89 Å². The molecule has 2 amide bonds. The molecule has 0 fully saturated rings. The summed E-state index contributed by atoms with van der Waals surface area (Å²) >= 11 is 0. The molecule has 0 spiro atoms. The van der Waals surface area contributed by atoms with E-state index < -0.39 is 6.04 Å². The van der Waals surface area contributed by atoms with E-state index in [1.54, 1.807) is 12.0 Å². The molecule has 2 heterocycles. The molecule has 3 aromatic carbocycles. The summed E-state index contributed by atoms with van der Waals surface area (Å²) in [5.74, 6) is 1.52. The van der Waals surface area contributed by atoms with Crippen LogP contribution in [0.1, 0.15) is 42.5 Å². The van der Waals surface area contributed by atoms with Gasteiger partial charge in [-0.05, 0) is 49.6 Å². The van der Waals surface area contributed by atoms with Crippen LogP contribution in [0.15, 0.2) is 83.0 Å². The fraction of sp³-hybridized carbons (Fsp3) is 0.207. The highest BCUT2D eigenvalue weighted by Gasteiger charge is 2.36. The highest BCUT2D eigenvalue weighted by Crippen LogP contribution is 2.39. The molecule has 4 aromatic rings. The number of anilines is 1. The first-order chi connectivity index (χ1) is 17.5. The highest BCUT2D eigenvalue weighted by atomic mass is 16.5. The minimum Gasteiger partial charge on any atom is -0.497 e. The van der Waals surface area contributed by atoms with Crippen molar-refractivity contribution in [2.45, 2.75) is 33.2 Å². The Labute approximate surface area is 210 Å². The number of methoxy groups -OCH3 is 1. The largest absolute Gasteiger partial charge is 0.497 e. The molecule has 0 radical (unpaired) electrons. The minimum atomic E-state index is -0.448. The molecule has 0 saturated heterocycles. The molecule has 1 aromatic heterocycles. The fourth-order valence-electron chi connectivity index (χ4n) is 4.51. The van der Waals surface area contributed by atoms with Crippen LogP contribution >= 0.6 is 0 Å². The van der Waals surface area contributed by atoms with Gasteiger partial charge >= 0.3 is 6.03 Å². The van der Waals surface area contributed by atoms with Gasteiger partial charge in [-0.15, -0.1) is 0 Å². The van der Waals surface area contributed by atoms with Crippen molar-refractivity contribution < 1.29 is 14.1 Å². The predicted octanol–water partition coefficient (Wildman–Crippen LogP) is 6.32. The van der Waals surface area contributed by atoms with Crippen LogP contribution in [0.3, 0.4) is 0 Å². The van der Waals surface area contributed by atoms with Crippen molar-refractivity contribution in [1.82, 2.24) is 15.5 Å². The lowest BCUT2D eigenvalue weighted by atomic mass is 9.93. The van der Waals surface area contributed by atoms with Crippen molar-refractivity contribution in [3.8, 4) is 17.1 Å². The number of hydrogen-bond donors (Lipinski definition) is 1. The zero-order valence-electron chi connectivity index (χ0n) is 20.8. The maximum absolute atomic E-state index is 13.4. The zero-order chi connectivity index (χ0) is 25.2. The SMILES string of the molecule is CCc1ccc(C2NC(=O)N(c3cccc(OC)c3)C(C)=C2c2nc(-c3cccc(C)c3)no2)cc1. The number of carbonyl (C=O) groups is 1. The number of amides is 2. The molecule has 1 aliphatic heterocycles. The number of allylic oxidation sites excluding steroid dienone is 1. The average molecular weight is 481 g/mol. The third-order valence-corrected chi connectivity index (χ3v) is 6.45. The number of nitrogens with one attached hydrogen (secondary N) is 1. The van der Waals surface area contributed by atoms with Crippen molar-refractivity contribution in [3.63, 3.8) is 0 Å². The second kappa shape index (κ2) is 9.70. The van der Waals surface area contributed by atoms with Crippen molar-refractivity contribution in [2.75, 3.05) is 12.0 Å². The molecule has 0 aliphatic carbocycles. The van der Waals surface area contributed by atoms with E-state index in [1.165, 1.54) is 5.56 Å². The van der Waals surface area contributed by atoms with Gasteiger partial charge < -0.3 is 14.6 Å². The number of nitrogens with zero attached hydrogens (tertiary/aromatic N) is 3. The van der Waals surface area contributed by atoms with Crippen LogP contribution in [-0.2, 0) is 6.42 Å². The third-order valence-electron chi connectivity index (χ3n) is 6.45. The van der Waals surface area contributed by atoms with E-state index in [2.05, 4.69) is 29.5 Å². The van der Waals surface area contributed by atoms with E-state index >= 15 is 0 Å². The zero-order valence-corrected chi connectivity index (χ0v) is 20.8. The smallest absolute Gasteiger partial charge is 0.327 e. The van der Waals surface area contributed by atoms with Gasteiger partial charge in [-0.2, -0.15) is 4.98 Å². The van der Waals surface area contributed by atoms with Crippen LogP contribution in [0.5, 0.6) is 5.75 Å². The molecular weight excluding hydrogens is 452 g/mol. The fourth-order valence-corrected chi connectivity index (χ4v) is 4.51. The molecule has 1 unspecified atom stereocenters. The number of hydrogen-bond acceptors (Lipinski definition) is 5. The molecular formula is C29H28N4O3. The van der Waals surface area contributed by atoms with Crippen LogP contribution in [0.4, 0.5) is 10.5 Å². The van der Waals surface area contributed by atoms with Crippen molar-refractivity contribution in [1.29, 1.82) is 0 Å². The van der Waals surface area contributed by atoms with E-state index in [1.807, 2.05) is 74.5 Å². The van der Waals surface area contributed by atoms with E-state index in [0.29, 0.717) is 28.8 Å². The lowest BCUT2D eigenvalue weighted by Gasteiger charge is -2.35. The number of benzene rings is 3. The van der Waals surface area contributed by atoms with Crippen molar-refractivity contribution in [3.05, 3.63) is 101 Å². The molecule has 7 nitrogen and oxygen atoms in total. The van der Waals surface area contributed by atoms with Gasteiger partial charge in [-0.3, -0.25) is 4.90 Å². The monoisotopic (exact) mass is 480 g/mol. The summed E-state index contributed by atoms with van der Waals surface area (Å²) in [5.41, 5.74) is 6.27. The van der Waals surface area contributed by atoms with Crippen LogP contribution in [0, 0.1) is 6.92 Å². The van der Waals surface area contributed by atoms with Gasteiger partial charge in [-0.1, -0.05) is 66.2 Å². The minimum absolute atomic E-state index is 0.243. The molecule has 7 heteroatoms. The lowest BCUT2D eigenvalue weighted by Crippen LogP contribution is -2.46. The van der Waals surface area contributed by atoms with Crippen LogP contribution in [0.25, 0.3) is 17.0 Å². The second-order valence-corrected chi connectivity index (χ2v) is 8.81. The van der Waals surface area contributed by atoms with Crippen molar-refractivity contribution >= 4 is 17.3 Å². The molecule has 36 heavy (non-hydrogen) atoms. The lowest BCUT2D eigenvalue weighted by molar-refractivity contribution is 0.244. The number of urea groups is 1. The summed E-state index contributed by atoms with van der Waals surface area (Å²) in [4.78, 5) is 19.8. The van der Waals surface area contributed by atoms with Gasteiger partial charge in [0, 0.05) is 17.3 Å². The van der Waals surface area contributed by atoms with Gasteiger partial charge in [0.05, 0.1) is 24.4 Å². The Morgan fingerprint density at radius 1 is 1.03 bits per heavy atom. The number of ether oxygens (including phenoxy) is 1. The van der Waals surface area contributed by atoms with Gasteiger partial charge in [0.1, 0.15) is 5.75 Å². The number of carbonyl (C=O) groups excluding carboxylic acids is 1. The molecule has 1 aliphatic rings. The first-order valence-corrected chi connectivity index (χ1v) is 11.9. The molecule has 0 saturated carbocycles. The number of aromatic nitrogens is 2. The summed E-state index contributed by atoms with van der Waals surface area (Å²) in [6.07, 6.45) is 0.937. The topological polar surface area (TPSA) is 80.5 Å². The van der Waals surface area contributed by atoms with Crippen LogP contribution in [-0.4, -0.2) is 23.3 Å². The average Bonchev–Trinajstić information content (AvgIpc) is 3.38. The maximum atomic E-state index is 13.4. The quantitative estimate of drug-likeness (QED) is 0.349. The highest BCUT2D eigenvalue weighted by molar-refractivity contribution is 6.01. The number of rotatable bonds is 6. The number of aryl methyl sites for hydroxylation is 2. The Morgan fingerprint density at radius 2 is 1.81 bits per heavy atom. The second-order valence-electron chi connectivity index (χ2n) is 8.81. The van der Waals surface area contributed by atoms with Gasteiger partial charge in [0.15, 0.2) is 0 Å². The summed E-state index contributed by atoms with van der Waals surface area (Å²) in [6.45, 7) is 6.04. The normalized spacial score (nSPS) is 15.7. The Bertz CT molecular complexity index is 1440. The molecule has 1 N–H and O–H groups in total. The van der Waals surface area contributed by atoms with Gasteiger partial charge in [0.2, 0.25) is 5.82 Å². The Morgan fingerprint density at radius 3 is 2.53 bits per heavy atom. The van der Waals surface area contributed by atoms with E-state index in [9.17, 15) is 4.79 Å². The first kappa shape index (κ1) is 23.4. The Hall–Kier alpha value is -4.39. The molecule has 0 bridgehead atoms. The van der Waals surface area contributed by atoms with Crippen LogP contribution in [0.2, 0.25) is 0 Å². The third kappa shape index (κ3) is 4.35. The first-order valence-electron chi connectivity index (χ1n) is 11.9. The van der Waals surface area contributed by atoms with Crippen LogP contribution < -0.4 is 15.0 Å². The molecule has 1 atom stereocenters. The van der Waals surface area contributed by atoms with E-state index in [-0.39, 0.29) is 6.03 Å². The van der Waals surface area contributed by atoms with Crippen molar-refractivity contribution in [2.24, 2.45) is 0 Å². The molecule has 5 rings (SSSR count). The summed E-state index contributed by atoms with van der Waals surface area (Å²) < 4.78 is 11.2. The van der Waals surface area contributed by atoms with E-state index in [0.717, 1.165) is 28.7 Å². The van der Waals surface area contributed by atoms with Gasteiger partial charge in [-0.25, -0.2) is 4.79 Å². The maximum Gasteiger partial charge on any atom is 0.327 e. The van der Waals surface area contributed by atoms with E-state index in [4.69, 9.17) is 14.2 Å². The predicted molar refractivity (Wildman–Crippen MR) is 140 cm³/mol. The Balaban J connectivity index is 1.65.